The predicted molar refractivity (Wildman–Crippen MR) is 69.4 cm³/mol. The second-order valence-electron chi connectivity index (χ2n) is 4.51. The molecule has 0 spiro atoms. The van der Waals surface area contributed by atoms with Gasteiger partial charge in [-0.2, -0.15) is 5.26 Å². The van der Waals surface area contributed by atoms with E-state index in [1.54, 1.807) is 0 Å². The van der Waals surface area contributed by atoms with Crippen molar-refractivity contribution in [3.63, 3.8) is 0 Å². The van der Waals surface area contributed by atoms with Gasteiger partial charge in [0.25, 0.3) is 0 Å². The van der Waals surface area contributed by atoms with Crippen LogP contribution in [0.3, 0.4) is 0 Å². The van der Waals surface area contributed by atoms with Crippen molar-refractivity contribution in [3.05, 3.63) is 33.3 Å². The minimum Gasteiger partial charge on any atom is -0.198 e. The molecule has 2 rings (SSSR count). The third-order valence-corrected chi connectivity index (χ3v) is 4.19. The lowest BCUT2D eigenvalue weighted by atomic mass is 9.81. The van der Waals surface area contributed by atoms with Gasteiger partial charge in [0, 0.05) is 9.50 Å². The van der Waals surface area contributed by atoms with Crippen LogP contribution in [0, 0.1) is 16.7 Å². The summed E-state index contributed by atoms with van der Waals surface area (Å²) in [7, 11) is 0. The molecular formula is C13H13BrClN. The molecule has 1 aromatic rings. The lowest BCUT2D eigenvalue weighted by molar-refractivity contribution is 0.408. The molecular weight excluding hydrogens is 286 g/mol. The van der Waals surface area contributed by atoms with Crippen LogP contribution in [-0.2, 0) is 6.42 Å². The molecule has 0 atom stereocenters. The van der Waals surface area contributed by atoms with E-state index in [4.69, 9.17) is 11.6 Å². The number of hydrogen-bond acceptors (Lipinski definition) is 1. The fraction of sp³-hybridized carbons (Fsp3) is 0.462. The third-order valence-electron chi connectivity index (χ3n) is 3.34. The van der Waals surface area contributed by atoms with Crippen LogP contribution < -0.4 is 0 Å². The van der Waals surface area contributed by atoms with Crippen molar-refractivity contribution in [2.45, 2.75) is 32.1 Å². The van der Waals surface area contributed by atoms with Crippen molar-refractivity contribution in [2.24, 2.45) is 5.41 Å². The Labute approximate surface area is 110 Å². The fourth-order valence-corrected chi connectivity index (χ4v) is 3.15. The minimum absolute atomic E-state index is 0.169. The number of halogens is 2. The van der Waals surface area contributed by atoms with E-state index >= 15 is 0 Å². The minimum atomic E-state index is -0.169. The van der Waals surface area contributed by atoms with Gasteiger partial charge in [0.2, 0.25) is 0 Å². The summed E-state index contributed by atoms with van der Waals surface area (Å²) < 4.78 is 0.985. The molecule has 1 aliphatic carbocycles. The Kier molecular flexibility index (Phi) is 3.56. The summed E-state index contributed by atoms with van der Waals surface area (Å²) in [5.41, 5.74) is 0.922. The molecule has 1 aromatic carbocycles. The van der Waals surface area contributed by atoms with Crippen LogP contribution in [0.25, 0.3) is 0 Å². The molecule has 16 heavy (non-hydrogen) atoms. The van der Waals surface area contributed by atoms with Crippen LogP contribution in [0.4, 0.5) is 0 Å². The summed E-state index contributed by atoms with van der Waals surface area (Å²) in [6.45, 7) is 0. The molecule has 1 nitrogen and oxygen atoms in total. The van der Waals surface area contributed by atoms with Crippen LogP contribution in [0.2, 0.25) is 5.02 Å². The molecule has 0 aliphatic heterocycles. The summed E-state index contributed by atoms with van der Waals surface area (Å²) in [4.78, 5) is 0. The maximum Gasteiger partial charge on any atom is 0.0693 e. The van der Waals surface area contributed by atoms with E-state index in [2.05, 4.69) is 22.0 Å². The van der Waals surface area contributed by atoms with Gasteiger partial charge in [-0.15, -0.1) is 0 Å². The van der Waals surface area contributed by atoms with Gasteiger partial charge >= 0.3 is 0 Å². The smallest absolute Gasteiger partial charge is 0.0693 e. The number of rotatable bonds is 2. The highest BCUT2D eigenvalue weighted by Gasteiger charge is 2.34. The van der Waals surface area contributed by atoms with Gasteiger partial charge in [-0.05, 0) is 37.0 Å². The Hall–Kier alpha value is -0.520. The highest BCUT2D eigenvalue weighted by atomic mass is 79.9. The number of nitrogens with zero attached hydrogens (tertiary/aromatic N) is 1. The molecule has 0 amide bonds. The number of benzene rings is 1. The van der Waals surface area contributed by atoms with Gasteiger partial charge in [0.15, 0.2) is 0 Å². The van der Waals surface area contributed by atoms with E-state index in [0.717, 1.165) is 34.3 Å². The summed E-state index contributed by atoms with van der Waals surface area (Å²) >= 11 is 9.58. The van der Waals surface area contributed by atoms with Crippen LogP contribution in [0.15, 0.2) is 22.7 Å². The van der Waals surface area contributed by atoms with Crippen molar-refractivity contribution >= 4 is 27.5 Å². The Bertz CT molecular complexity index is 430. The summed E-state index contributed by atoms with van der Waals surface area (Å²) in [5.74, 6) is 0. The lowest BCUT2D eigenvalue weighted by Gasteiger charge is -2.20. The fourth-order valence-electron chi connectivity index (χ4n) is 2.41. The Balaban J connectivity index is 2.23. The van der Waals surface area contributed by atoms with E-state index in [1.807, 2.05) is 18.2 Å². The Morgan fingerprint density at radius 2 is 2.06 bits per heavy atom. The third kappa shape index (κ3) is 2.42. The van der Waals surface area contributed by atoms with E-state index in [-0.39, 0.29) is 5.41 Å². The monoisotopic (exact) mass is 297 g/mol. The molecule has 84 valence electrons. The Morgan fingerprint density at radius 3 is 2.62 bits per heavy atom. The second kappa shape index (κ2) is 4.77. The summed E-state index contributed by atoms with van der Waals surface area (Å²) in [5, 5.41) is 10.1. The average Bonchev–Trinajstić information content (AvgIpc) is 2.72. The first-order valence-electron chi connectivity index (χ1n) is 5.50. The first-order valence-corrected chi connectivity index (χ1v) is 6.67. The zero-order valence-electron chi connectivity index (χ0n) is 8.97. The topological polar surface area (TPSA) is 23.8 Å². The first-order chi connectivity index (χ1) is 7.65. The molecule has 0 radical (unpaired) electrons. The first kappa shape index (κ1) is 12.0. The van der Waals surface area contributed by atoms with Crippen molar-refractivity contribution in [1.29, 1.82) is 5.26 Å². The molecule has 0 unspecified atom stereocenters. The zero-order chi connectivity index (χ0) is 11.6. The highest BCUT2D eigenvalue weighted by Crippen LogP contribution is 2.41. The van der Waals surface area contributed by atoms with E-state index in [0.29, 0.717) is 0 Å². The average molecular weight is 299 g/mol. The predicted octanol–water partition coefficient (Wildman–Crippen LogP) is 4.73. The van der Waals surface area contributed by atoms with E-state index in [1.165, 1.54) is 12.8 Å². The van der Waals surface area contributed by atoms with Gasteiger partial charge in [-0.25, -0.2) is 0 Å². The summed E-state index contributed by atoms with van der Waals surface area (Å²) in [6.07, 6.45) is 5.14. The van der Waals surface area contributed by atoms with Gasteiger partial charge in [0.05, 0.1) is 11.5 Å². The molecule has 0 bridgehead atoms. The number of nitriles is 1. The number of hydrogen-bond donors (Lipinski definition) is 0. The second-order valence-corrected chi connectivity index (χ2v) is 5.83. The standard InChI is InChI=1S/C13H13BrClN/c14-11-4-3-10(12(15)7-11)8-13(9-16)5-1-2-6-13/h3-4,7H,1-2,5-6,8H2. The van der Waals surface area contributed by atoms with E-state index < -0.39 is 0 Å². The van der Waals surface area contributed by atoms with Crippen LogP contribution >= 0.6 is 27.5 Å². The van der Waals surface area contributed by atoms with Gasteiger partial charge in [-0.3, -0.25) is 0 Å². The molecule has 3 heteroatoms. The highest BCUT2D eigenvalue weighted by molar-refractivity contribution is 9.10. The van der Waals surface area contributed by atoms with Crippen LogP contribution in [-0.4, -0.2) is 0 Å². The quantitative estimate of drug-likeness (QED) is 0.774. The van der Waals surface area contributed by atoms with Crippen molar-refractivity contribution in [1.82, 2.24) is 0 Å². The molecule has 1 fully saturated rings. The van der Waals surface area contributed by atoms with Crippen molar-refractivity contribution in [3.8, 4) is 6.07 Å². The van der Waals surface area contributed by atoms with Gasteiger partial charge < -0.3 is 0 Å². The molecule has 0 saturated heterocycles. The summed E-state index contributed by atoms with van der Waals surface area (Å²) in [6, 6.07) is 8.40. The van der Waals surface area contributed by atoms with Gasteiger partial charge in [0.1, 0.15) is 0 Å². The van der Waals surface area contributed by atoms with Crippen molar-refractivity contribution in [2.75, 3.05) is 0 Å². The Morgan fingerprint density at radius 1 is 1.38 bits per heavy atom. The molecule has 0 heterocycles. The SMILES string of the molecule is N#CC1(Cc2ccc(Br)cc2Cl)CCCC1. The normalized spacial score (nSPS) is 18.3. The molecule has 0 N–H and O–H groups in total. The van der Waals surface area contributed by atoms with E-state index in [9.17, 15) is 5.26 Å². The van der Waals surface area contributed by atoms with Gasteiger partial charge in [-0.1, -0.05) is 46.4 Å². The van der Waals surface area contributed by atoms with Crippen LogP contribution in [0.1, 0.15) is 31.2 Å². The maximum atomic E-state index is 9.32. The zero-order valence-corrected chi connectivity index (χ0v) is 11.3. The van der Waals surface area contributed by atoms with Crippen LogP contribution in [0.5, 0.6) is 0 Å². The lowest BCUT2D eigenvalue weighted by Crippen LogP contribution is -2.17. The largest absolute Gasteiger partial charge is 0.198 e. The molecule has 1 saturated carbocycles. The molecule has 0 aromatic heterocycles. The maximum absolute atomic E-state index is 9.32. The van der Waals surface area contributed by atoms with Crippen molar-refractivity contribution < 1.29 is 0 Å². The molecule has 1 aliphatic rings.